The number of amides is 4. The molecule has 8 heteroatoms. The second-order valence-corrected chi connectivity index (χ2v) is 7.46. The number of nitrogens with zero attached hydrogens (tertiary/aromatic N) is 1. The van der Waals surface area contributed by atoms with Gasteiger partial charge in [-0.05, 0) is 65.2 Å². The predicted octanol–water partition coefficient (Wildman–Crippen LogP) is 4.39. The Morgan fingerprint density at radius 2 is 1.90 bits per heavy atom. The molecule has 1 aliphatic rings. The van der Waals surface area contributed by atoms with Gasteiger partial charge < -0.3 is 9.47 Å². The first-order chi connectivity index (χ1) is 14.9. The maximum Gasteiger partial charge on any atom is 0.335 e. The summed E-state index contributed by atoms with van der Waals surface area (Å²) < 4.78 is 11.9. The van der Waals surface area contributed by atoms with E-state index >= 15 is 0 Å². The molecule has 1 fully saturated rings. The highest BCUT2D eigenvalue weighted by Gasteiger charge is 2.37. The zero-order chi connectivity index (χ0) is 22.5. The molecule has 1 N–H and O–H groups in total. The van der Waals surface area contributed by atoms with Crippen molar-refractivity contribution in [1.29, 1.82) is 0 Å². The van der Waals surface area contributed by atoms with Crippen molar-refractivity contribution >= 4 is 45.5 Å². The van der Waals surface area contributed by atoms with Gasteiger partial charge in [-0.1, -0.05) is 30.9 Å². The summed E-state index contributed by atoms with van der Waals surface area (Å²) in [6.45, 7) is 7.93. The maximum absolute atomic E-state index is 13.1. The van der Waals surface area contributed by atoms with Gasteiger partial charge in [-0.2, -0.15) is 0 Å². The van der Waals surface area contributed by atoms with E-state index in [0.29, 0.717) is 33.8 Å². The monoisotopic (exact) mass is 484 g/mol. The molecule has 0 radical (unpaired) electrons. The SMILES string of the molecule is C=CCOc1c(Br)cc(/C=C2\C(=O)NC(=O)N(c3ccccc3C)C2=O)cc1OCC. The van der Waals surface area contributed by atoms with Crippen LogP contribution in [-0.4, -0.2) is 31.1 Å². The van der Waals surface area contributed by atoms with E-state index in [9.17, 15) is 14.4 Å². The summed E-state index contributed by atoms with van der Waals surface area (Å²) in [6, 6.07) is 9.52. The van der Waals surface area contributed by atoms with Crippen LogP contribution in [0.4, 0.5) is 10.5 Å². The summed E-state index contributed by atoms with van der Waals surface area (Å²) in [7, 11) is 0. The molecule has 0 bridgehead atoms. The number of halogens is 1. The van der Waals surface area contributed by atoms with E-state index in [2.05, 4.69) is 27.8 Å². The van der Waals surface area contributed by atoms with Gasteiger partial charge in [0.1, 0.15) is 12.2 Å². The summed E-state index contributed by atoms with van der Waals surface area (Å²) in [6.07, 6.45) is 3.03. The van der Waals surface area contributed by atoms with Crippen molar-refractivity contribution in [2.75, 3.05) is 18.1 Å². The molecule has 160 valence electrons. The van der Waals surface area contributed by atoms with Crippen LogP contribution in [0.15, 0.2) is 59.1 Å². The highest BCUT2D eigenvalue weighted by Crippen LogP contribution is 2.38. The highest BCUT2D eigenvalue weighted by molar-refractivity contribution is 9.10. The molecule has 0 spiro atoms. The quantitative estimate of drug-likeness (QED) is 0.357. The second-order valence-electron chi connectivity index (χ2n) is 6.61. The minimum atomic E-state index is -0.786. The van der Waals surface area contributed by atoms with Gasteiger partial charge in [-0.3, -0.25) is 14.9 Å². The van der Waals surface area contributed by atoms with Crippen LogP contribution < -0.4 is 19.7 Å². The molecule has 4 amide bonds. The fourth-order valence-corrected chi connectivity index (χ4v) is 3.65. The molecule has 0 saturated carbocycles. The van der Waals surface area contributed by atoms with Gasteiger partial charge in [0, 0.05) is 0 Å². The topological polar surface area (TPSA) is 84.9 Å². The third-order valence-corrected chi connectivity index (χ3v) is 5.04. The first-order valence-electron chi connectivity index (χ1n) is 9.54. The van der Waals surface area contributed by atoms with Gasteiger partial charge in [0.25, 0.3) is 11.8 Å². The zero-order valence-corrected chi connectivity index (χ0v) is 18.7. The Balaban J connectivity index is 2.04. The van der Waals surface area contributed by atoms with E-state index in [1.54, 1.807) is 49.4 Å². The fourth-order valence-electron chi connectivity index (χ4n) is 3.07. The number of carbonyl (C=O) groups excluding carboxylic acids is 3. The second kappa shape index (κ2) is 9.61. The molecule has 1 aliphatic heterocycles. The lowest BCUT2D eigenvalue weighted by Gasteiger charge is -2.27. The van der Waals surface area contributed by atoms with E-state index in [4.69, 9.17) is 9.47 Å². The van der Waals surface area contributed by atoms with E-state index < -0.39 is 17.8 Å². The number of barbiturate groups is 1. The first-order valence-corrected chi connectivity index (χ1v) is 10.3. The first kappa shape index (κ1) is 22.3. The molecule has 0 atom stereocenters. The van der Waals surface area contributed by atoms with Crippen molar-refractivity contribution in [1.82, 2.24) is 5.32 Å². The maximum atomic E-state index is 13.1. The molecule has 0 aromatic heterocycles. The number of rotatable bonds is 7. The Hall–Kier alpha value is -3.39. The summed E-state index contributed by atoms with van der Waals surface area (Å²) >= 11 is 3.44. The molecule has 1 saturated heterocycles. The van der Waals surface area contributed by atoms with Crippen LogP contribution in [-0.2, 0) is 9.59 Å². The zero-order valence-electron chi connectivity index (χ0n) is 17.1. The van der Waals surface area contributed by atoms with Crippen molar-refractivity contribution in [3.63, 3.8) is 0 Å². The van der Waals surface area contributed by atoms with Crippen LogP contribution in [0.25, 0.3) is 6.08 Å². The summed E-state index contributed by atoms with van der Waals surface area (Å²) in [4.78, 5) is 38.9. The minimum absolute atomic E-state index is 0.169. The van der Waals surface area contributed by atoms with Gasteiger partial charge in [-0.15, -0.1) is 0 Å². The number of imide groups is 2. The highest BCUT2D eigenvalue weighted by atomic mass is 79.9. The third-order valence-electron chi connectivity index (χ3n) is 4.45. The van der Waals surface area contributed by atoms with Crippen LogP contribution in [0.5, 0.6) is 11.5 Å². The normalized spacial score (nSPS) is 15.1. The van der Waals surface area contributed by atoms with Crippen LogP contribution in [0.3, 0.4) is 0 Å². The molecule has 0 aliphatic carbocycles. The minimum Gasteiger partial charge on any atom is -0.490 e. The number of ether oxygens (including phenoxy) is 2. The molecule has 31 heavy (non-hydrogen) atoms. The molecule has 3 rings (SSSR count). The van der Waals surface area contributed by atoms with Gasteiger partial charge >= 0.3 is 6.03 Å². The Morgan fingerprint density at radius 3 is 2.58 bits per heavy atom. The van der Waals surface area contributed by atoms with E-state index in [1.807, 2.05) is 6.92 Å². The number of carbonyl (C=O) groups is 3. The number of urea groups is 1. The van der Waals surface area contributed by atoms with Crippen LogP contribution >= 0.6 is 15.9 Å². The van der Waals surface area contributed by atoms with Crippen molar-refractivity contribution in [3.8, 4) is 11.5 Å². The molecule has 2 aromatic carbocycles. The number of para-hydroxylation sites is 1. The Kier molecular flexibility index (Phi) is 6.91. The van der Waals surface area contributed by atoms with Gasteiger partial charge in [0.05, 0.1) is 16.8 Å². The summed E-state index contributed by atoms with van der Waals surface area (Å²) in [5, 5.41) is 2.23. The number of benzene rings is 2. The molecule has 7 nitrogen and oxygen atoms in total. The summed E-state index contributed by atoms with van der Waals surface area (Å²) in [5.74, 6) is -0.536. The van der Waals surface area contributed by atoms with Crippen molar-refractivity contribution in [2.45, 2.75) is 13.8 Å². The van der Waals surface area contributed by atoms with Crippen molar-refractivity contribution < 1.29 is 23.9 Å². The van der Waals surface area contributed by atoms with Crippen LogP contribution in [0.1, 0.15) is 18.1 Å². The van der Waals surface area contributed by atoms with E-state index in [1.165, 1.54) is 6.08 Å². The smallest absolute Gasteiger partial charge is 0.335 e. The fraction of sp³-hybridized carbons (Fsp3) is 0.174. The number of nitrogens with one attached hydrogen (secondary N) is 1. The largest absolute Gasteiger partial charge is 0.490 e. The predicted molar refractivity (Wildman–Crippen MR) is 121 cm³/mol. The standard InChI is InChI=1S/C23H21BrN2O5/c1-4-10-31-20-17(24)12-15(13-19(20)30-5-2)11-16-21(27)25-23(29)26(22(16)28)18-9-7-6-8-14(18)3/h4,6-9,11-13H,1,5,10H2,2-3H3,(H,25,27,29)/b16-11+. The molecule has 2 aromatic rings. The van der Waals surface area contributed by atoms with Crippen molar-refractivity contribution in [2.24, 2.45) is 0 Å². The van der Waals surface area contributed by atoms with E-state index in [0.717, 1.165) is 10.5 Å². The molecule has 1 heterocycles. The average molecular weight is 485 g/mol. The Labute approximate surface area is 188 Å². The molecular formula is C23H21BrN2O5. The van der Waals surface area contributed by atoms with E-state index in [-0.39, 0.29) is 12.2 Å². The average Bonchev–Trinajstić information content (AvgIpc) is 2.72. The number of hydrogen-bond donors (Lipinski definition) is 1. The van der Waals surface area contributed by atoms with Crippen molar-refractivity contribution in [3.05, 3.63) is 70.2 Å². The lowest BCUT2D eigenvalue weighted by atomic mass is 10.1. The van der Waals surface area contributed by atoms with Gasteiger partial charge in [0.15, 0.2) is 11.5 Å². The molecular weight excluding hydrogens is 464 g/mol. The Bertz CT molecular complexity index is 1090. The van der Waals surface area contributed by atoms with Gasteiger partial charge in [0.2, 0.25) is 0 Å². The number of hydrogen-bond acceptors (Lipinski definition) is 5. The Morgan fingerprint density at radius 1 is 1.16 bits per heavy atom. The van der Waals surface area contributed by atoms with Gasteiger partial charge in [-0.25, -0.2) is 9.69 Å². The van der Waals surface area contributed by atoms with Crippen LogP contribution in [0, 0.1) is 6.92 Å². The summed E-state index contributed by atoms with van der Waals surface area (Å²) in [5.41, 5.74) is 1.49. The van der Waals surface area contributed by atoms with Crippen LogP contribution in [0.2, 0.25) is 0 Å². The number of aryl methyl sites for hydroxylation is 1. The number of anilines is 1. The molecule has 0 unspecified atom stereocenters. The third kappa shape index (κ3) is 4.69. The lowest BCUT2D eigenvalue weighted by molar-refractivity contribution is -0.122. The lowest BCUT2D eigenvalue weighted by Crippen LogP contribution is -2.54.